The maximum absolute atomic E-state index is 10.4. The molecule has 3 aromatic heterocycles. The van der Waals surface area contributed by atoms with Crippen LogP contribution in [0, 0.1) is 13.8 Å². The van der Waals surface area contributed by atoms with Crippen molar-refractivity contribution in [3.8, 4) is 28.3 Å². The number of ether oxygens (including phenoxy) is 1. The molecule has 0 fully saturated rings. The van der Waals surface area contributed by atoms with Gasteiger partial charge in [0, 0.05) is 43.2 Å². The van der Waals surface area contributed by atoms with Gasteiger partial charge in [0.1, 0.15) is 17.4 Å². The first-order valence-electron chi connectivity index (χ1n) is 11.9. The summed E-state index contributed by atoms with van der Waals surface area (Å²) in [5.41, 5.74) is 7.26. The number of aliphatic hydroxyl groups excluding tert-OH is 1. The van der Waals surface area contributed by atoms with Crippen LogP contribution in [0.4, 0.5) is 5.82 Å². The standard InChI is InChI=1S/C28H30N6O2/c1-17-13-21(9-10-24(17)36-5)26-18(2)32-34-25(15-23(19(3)35)31-28(26)34)30-16-20-7-6-8-22(14-20)27-29-11-12-33(27)4/h6-15,19,30,35H,16H2,1-5H3. The molecule has 0 spiro atoms. The average molecular weight is 483 g/mol. The van der Waals surface area contributed by atoms with Gasteiger partial charge in [-0.3, -0.25) is 0 Å². The highest BCUT2D eigenvalue weighted by atomic mass is 16.5. The molecule has 0 aliphatic rings. The van der Waals surface area contributed by atoms with Gasteiger partial charge in [-0.2, -0.15) is 9.61 Å². The normalized spacial score (nSPS) is 12.2. The van der Waals surface area contributed by atoms with Crippen molar-refractivity contribution in [1.29, 1.82) is 0 Å². The van der Waals surface area contributed by atoms with Crippen LogP contribution in [0.1, 0.15) is 35.5 Å². The second kappa shape index (κ2) is 9.47. The number of fused-ring (bicyclic) bond motifs is 1. The third kappa shape index (κ3) is 4.31. The number of imidazole rings is 1. The molecule has 2 N–H and O–H groups in total. The van der Waals surface area contributed by atoms with E-state index in [9.17, 15) is 5.11 Å². The third-order valence-corrected chi connectivity index (χ3v) is 6.38. The summed E-state index contributed by atoms with van der Waals surface area (Å²) in [6, 6.07) is 16.2. The molecule has 0 aliphatic heterocycles. The van der Waals surface area contributed by atoms with Gasteiger partial charge >= 0.3 is 0 Å². The zero-order valence-corrected chi connectivity index (χ0v) is 21.1. The number of benzene rings is 2. The minimum Gasteiger partial charge on any atom is -0.496 e. The Balaban J connectivity index is 1.54. The number of aromatic nitrogens is 5. The molecule has 0 saturated heterocycles. The van der Waals surface area contributed by atoms with E-state index in [4.69, 9.17) is 14.8 Å². The van der Waals surface area contributed by atoms with Crippen molar-refractivity contribution in [1.82, 2.24) is 24.1 Å². The fourth-order valence-electron chi connectivity index (χ4n) is 4.51. The molecule has 0 radical (unpaired) electrons. The molecule has 5 aromatic rings. The molecule has 36 heavy (non-hydrogen) atoms. The maximum atomic E-state index is 10.4. The number of anilines is 1. The predicted octanol–water partition coefficient (Wildman–Crippen LogP) is 5.09. The van der Waals surface area contributed by atoms with Crippen molar-refractivity contribution in [2.24, 2.45) is 7.05 Å². The number of nitrogens with zero attached hydrogens (tertiary/aromatic N) is 5. The summed E-state index contributed by atoms with van der Waals surface area (Å²) < 4.78 is 9.25. The molecule has 2 aromatic carbocycles. The Morgan fingerprint density at radius 3 is 2.61 bits per heavy atom. The summed E-state index contributed by atoms with van der Waals surface area (Å²) in [7, 11) is 3.66. The molecule has 0 amide bonds. The van der Waals surface area contributed by atoms with Crippen molar-refractivity contribution in [2.75, 3.05) is 12.4 Å². The summed E-state index contributed by atoms with van der Waals surface area (Å²) in [4.78, 5) is 9.25. The van der Waals surface area contributed by atoms with Crippen molar-refractivity contribution in [3.63, 3.8) is 0 Å². The Bertz CT molecular complexity index is 1550. The molecule has 8 heteroatoms. The summed E-state index contributed by atoms with van der Waals surface area (Å²) in [6.07, 6.45) is 3.02. The Hall–Kier alpha value is -4.17. The second-order valence-corrected chi connectivity index (χ2v) is 9.04. The van der Waals surface area contributed by atoms with Crippen LogP contribution in [0.25, 0.3) is 28.2 Å². The zero-order chi connectivity index (χ0) is 25.4. The average Bonchev–Trinajstić information content (AvgIpc) is 3.44. The van der Waals surface area contributed by atoms with Crippen LogP contribution in [0.15, 0.2) is 60.9 Å². The Kier molecular flexibility index (Phi) is 6.20. The van der Waals surface area contributed by atoms with Crippen LogP contribution in [0.3, 0.4) is 0 Å². The SMILES string of the molecule is COc1ccc(-c2c(C)nn3c(NCc4cccc(-c5nccn5C)c4)cc(C(C)O)nc23)cc1C. The first-order valence-corrected chi connectivity index (χ1v) is 11.9. The monoisotopic (exact) mass is 482 g/mol. The summed E-state index contributed by atoms with van der Waals surface area (Å²) in [5.74, 6) is 2.51. The van der Waals surface area contributed by atoms with Gasteiger partial charge in [0.15, 0.2) is 5.65 Å². The number of methoxy groups -OCH3 is 1. The van der Waals surface area contributed by atoms with Crippen molar-refractivity contribution >= 4 is 11.5 Å². The largest absolute Gasteiger partial charge is 0.496 e. The summed E-state index contributed by atoms with van der Waals surface area (Å²) in [6.45, 7) is 6.29. The fraction of sp³-hybridized carbons (Fsp3) is 0.250. The minimum absolute atomic E-state index is 0.576. The van der Waals surface area contributed by atoms with E-state index in [2.05, 4.69) is 34.6 Å². The highest BCUT2D eigenvalue weighted by Gasteiger charge is 2.19. The topological polar surface area (TPSA) is 89.5 Å². The quantitative estimate of drug-likeness (QED) is 0.336. The molecule has 184 valence electrons. The molecule has 1 atom stereocenters. The summed E-state index contributed by atoms with van der Waals surface area (Å²) in [5, 5.41) is 18.7. The molecule has 8 nitrogen and oxygen atoms in total. The van der Waals surface area contributed by atoms with E-state index in [1.807, 2.05) is 60.4 Å². The highest BCUT2D eigenvalue weighted by molar-refractivity contribution is 5.81. The number of rotatable bonds is 7. The second-order valence-electron chi connectivity index (χ2n) is 9.04. The van der Waals surface area contributed by atoms with Crippen LogP contribution >= 0.6 is 0 Å². The highest BCUT2D eigenvalue weighted by Crippen LogP contribution is 2.33. The van der Waals surface area contributed by atoms with E-state index in [0.717, 1.165) is 50.9 Å². The van der Waals surface area contributed by atoms with Gasteiger partial charge in [0.25, 0.3) is 0 Å². The van der Waals surface area contributed by atoms with Gasteiger partial charge in [-0.15, -0.1) is 0 Å². The van der Waals surface area contributed by atoms with Crippen LogP contribution in [0.5, 0.6) is 5.75 Å². The van der Waals surface area contributed by atoms with E-state index in [1.54, 1.807) is 20.2 Å². The van der Waals surface area contributed by atoms with Crippen LogP contribution < -0.4 is 10.1 Å². The van der Waals surface area contributed by atoms with Crippen molar-refractivity contribution in [2.45, 2.75) is 33.4 Å². The van der Waals surface area contributed by atoms with Crippen molar-refractivity contribution in [3.05, 3.63) is 83.4 Å². The molecule has 5 rings (SSSR count). The molecule has 0 saturated carbocycles. The van der Waals surface area contributed by atoms with E-state index in [0.29, 0.717) is 17.9 Å². The molecular weight excluding hydrogens is 452 g/mol. The smallest absolute Gasteiger partial charge is 0.165 e. The number of hydrogen-bond donors (Lipinski definition) is 2. The molecule has 3 heterocycles. The number of nitrogens with one attached hydrogen (secondary N) is 1. The zero-order valence-electron chi connectivity index (χ0n) is 21.1. The van der Waals surface area contributed by atoms with Gasteiger partial charge in [0.2, 0.25) is 0 Å². The molecule has 0 aliphatic carbocycles. The van der Waals surface area contributed by atoms with Gasteiger partial charge in [-0.25, -0.2) is 9.97 Å². The molecular formula is C28H30N6O2. The van der Waals surface area contributed by atoms with Gasteiger partial charge in [-0.1, -0.05) is 24.3 Å². The third-order valence-electron chi connectivity index (χ3n) is 6.38. The van der Waals surface area contributed by atoms with Crippen LogP contribution in [-0.2, 0) is 13.6 Å². The van der Waals surface area contributed by atoms with Gasteiger partial charge < -0.3 is 19.7 Å². The van der Waals surface area contributed by atoms with E-state index in [1.165, 1.54) is 0 Å². The number of hydrogen-bond acceptors (Lipinski definition) is 6. The van der Waals surface area contributed by atoms with Gasteiger partial charge in [0.05, 0.1) is 24.6 Å². The van der Waals surface area contributed by atoms with Gasteiger partial charge in [-0.05, 0) is 55.7 Å². The summed E-state index contributed by atoms with van der Waals surface area (Å²) >= 11 is 0. The van der Waals surface area contributed by atoms with E-state index < -0.39 is 6.10 Å². The first-order chi connectivity index (χ1) is 17.4. The first kappa shape index (κ1) is 23.6. The van der Waals surface area contributed by atoms with Crippen LogP contribution in [0.2, 0.25) is 0 Å². The van der Waals surface area contributed by atoms with Crippen molar-refractivity contribution < 1.29 is 9.84 Å². The fourth-order valence-corrected chi connectivity index (χ4v) is 4.51. The number of aryl methyl sites for hydroxylation is 3. The van der Waals surface area contributed by atoms with E-state index >= 15 is 0 Å². The molecule has 0 bridgehead atoms. The minimum atomic E-state index is -0.719. The Labute approximate surface area is 210 Å². The van der Waals surface area contributed by atoms with E-state index in [-0.39, 0.29) is 0 Å². The lowest BCUT2D eigenvalue weighted by atomic mass is 10.0. The lowest BCUT2D eigenvalue weighted by Gasteiger charge is -2.13. The van der Waals surface area contributed by atoms with Crippen LogP contribution in [-0.4, -0.2) is 36.4 Å². The lowest BCUT2D eigenvalue weighted by molar-refractivity contribution is 0.194. The lowest BCUT2D eigenvalue weighted by Crippen LogP contribution is -2.09. The predicted molar refractivity (Wildman–Crippen MR) is 141 cm³/mol. The maximum Gasteiger partial charge on any atom is 0.165 e. The number of aliphatic hydroxyl groups is 1. The Morgan fingerprint density at radius 2 is 1.92 bits per heavy atom. The molecule has 1 unspecified atom stereocenters. The Morgan fingerprint density at radius 1 is 1.08 bits per heavy atom.